The van der Waals surface area contributed by atoms with Crippen LogP contribution in [0, 0.1) is 0 Å². The van der Waals surface area contributed by atoms with Gasteiger partial charge in [-0.15, -0.1) is 11.3 Å². The molecule has 0 atom stereocenters. The van der Waals surface area contributed by atoms with E-state index in [-0.39, 0.29) is 5.91 Å². The number of nitrogens with zero attached hydrogens (tertiary/aromatic N) is 3. The molecule has 0 spiro atoms. The van der Waals surface area contributed by atoms with E-state index >= 15 is 0 Å². The van der Waals surface area contributed by atoms with Gasteiger partial charge >= 0.3 is 0 Å². The fourth-order valence-electron chi connectivity index (χ4n) is 2.42. The van der Waals surface area contributed by atoms with Gasteiger partial charge in [-0.05, 0) is 30.5 Å². The molecule has 0 saturated carbocycles. The molecule has 6 heteroatoms. The van der Waals surface area contributed by atoms with Crippen molar-refractivity contribution in [2.45, 2.75) is 26.3 Å². The summed E-state index contributed by atoms with van der Waals surface area (Å²) in [5, 5.41) is 10.2. The molecule has 3 rings (SSSR count). The van der Waals surface area contributed by atoms with Crippen LogP contribution in [0.25, 0.3) is 11.1 Å². The predicted molar refractivity (Wildman–Crippen MR) is 95.9 cm³/mol. The summed E-state index contributed by atoms with van der Waals surface area (Å²) >= 11 is 1.65. The highest BCUT2D eigenvalue weighted by molar-refractivity contribution is 7.09. The smallest absolute Gasteiger partial charge is 0.251 e. The molecule has 124 valence electrons. The summed E-state index contributed by atoms with van der Waals surface area (Å²) in [5.41, 5.74) is 3.65. The van der Waals surface area contributed by atoms with E-state index < -0.39 is 0 Å². The normalized spacial score (nSPS) is 10.8. The summed E-state index contributed by atoms with van der Waals surface area (Å²) in [6.07, 6.45) is 5.84. The van der Waals surface area contributed by atoms with Crippen molar-refractivity contribution in [1.29, 1.82) is 0 Å². The molecule has 5 nitrogen and oxygen atoms in total. The molecule has 0 bridgehead atoms. The Hall–Kier alpha value is -2.47. The Morgan fingerprint density at radius 2 is 2.04 bits per heavy atom. The monoisotopic (exact) mass is 340 g/mol. The molecule has 1 aromatic carbocycles. The number of carbonyl (C=O) groups is 1. The van der Waals surface area contributed by atoms with Gasteiger partial charge in [-0.25, -0.2) is 4.98 Å². The van der Waals surface area contributed by atoms with Crippen molar-refractivity contribution >= 4 is 17.2 Å². The van der Waals surface area contributed by atoms with Crippen molar-refractivity contribution in [3.63, 3.8) is 0 Å². The second kappa shape index (κ2) is 7.40. The molecule has 0 fully saturated rings. The van der Waals surface area contributed by atoms with Gasteiger partial charge in [0.2, 0.25) is 0 Å². The first-order valence-corrected chi connectivity index (χ1v) is 8.84. The van der Waals surface area contributed by atoms with Gasteiger partial charge in [0.1, 0.15) is 0 Å². The Morgan fingerprint density at radius 3 is 2.71 bits per heavy atom. The number of hydrogen-bond donors (Lipinski definition) is 1. The number of thiazole rings is 1. The van der Waals surface area contributed by atoms with Crippen molar-refractivity contribution < 1.29 is 4.79 Å². The van der Waals surface area contributed by atoms with E-state index in [1.165, 1.54) is 0 Å². The molecule has 0 aliphatic rings. The summed E-state index contributed by atoms with van der Waals surface area (Å²) in [7, 11) is 1.88. The average Bonchev–Trinajstić information content (AvgIpc) is 3.22. The van der Waals surface area contributed by atoms with E-state index in [2.05, 4.69) is 22.3 Å². The number of nitrogens with one attached hydrogen (secondary N) is 1. The quantitative estimate of drug-likeness (QED) is 0.748. The van der Waals surface area contributed by atoms with Gasteiger partial charge < -0.3 is 5.32 Å². The lowest BCUT2D eigenvalue weighted by atomic mass is 10.1. The number of carbonyl (C=O) groups excluding carboxylic acids is 1. The molecule has 2 aromatic heterocycles. The zero-order valence-electron chi connectivity index (χ0n) is 13.8. The first-order chi connectivity index (χ1) is 11.7. The standard InChI is InChI=1S/C18H20N4OS/c1-3-4-17-21-16(12-24-17)10-19-18(23)14-7-5-13(6-8-14)15-9-20-22(2)11-15/h5-9,11-12H,3-4,10H2,1-2H3,(H,19,23). The topological polar surface area (TPSA) is 59.8 Å². The van der Waals surface area contributed by atoms with Crippen LogP contribution in [0.4, 0.5) is 0 Å². The van der Waals surface area contributed by atoms with Gasteiger partial charge in [-0.2, -0.15) is 5.10 Å². The highest BCUT2D eigenvalue weighted by Crippen LogP contribution is 2.19. The highest BCUT2D eigenvalue weighted by Gasteiger charge is 2.08. The average molecular weight is 340 g/mol. The van der Waals surface area contributed by atoms with E-state index in [4.69, 9.17) is 0 Å². The summed E-state index contributed by atoms with van der Waals surface area (Å²) in [6.45, 7) is 2.60. The van der Waals surface area contributed by atoms with E-state index in [9.17, 15) is 4.79 Å². The van der Waals surface area contributed by atoms with Crippen LogP contribution >= 0.6 is 11.3 Å². The number of hydrogen-bond acceptors (Lipinski definition) is 4. The molecular weight excluding hydrogens is 320 g/mol. The van der Waals surface area contributed by atoms with E-state index in [1.807, 2.05) is 49.1 Å². The lowest BCUT2D eigenvalue weighted by Gasteiger charge is -2.04. The molecule has 1 amide bonds. The van der Waals surface area contributed by atoms with Crippen LogP contribution in [0.15, 0.2) is 42.0 Å². The summed E-state index contributed by atoms with van der Waals surface area (Å²) in [4.78, 5) is 16.8. The molecule has 0 aliphatic heterocycles. The number of benzene rings is 1. The maximum Gasteiger partial charge on any atom is 0.251 e. The van der Waals surface area contributed by atoms with Crippen LogP contribution in [0.2, 0.25) is 0 Å². The largest absolute Gasteiger partial charge is 0.346 e. The SMILES string of the molecule is CCCc1nc(CNC(=O)c2ccc(-c3cnn(C)c3)cc2)cs1. The predicted octanol–water partition coefficient (Wildman–Crippen LogP) is 3.43. The number of aryl methyl sites for hydroxylation is 2. The minimum absolute atomic E-state index is 0.0854. The maximum absolute atomic E-state index is 12.3. The van der Waals surface area contributed by atoms with E-state index in [0.717, 1.165) is 34.7 Å². The molecule has 0 radical (unpaired) electrons. The Balaban J connectivity index is 1.60. The lowest BCUT2D eigenvalue weighted by Crippen LogP contribution is -2.22. The third kappa shape index (κ3) is 3.89. The van der Waals surface area contributed by atoms with Gasteiger partial charge in [0.15, 0.2) is 0 Å². The Morgan fingerprint density at radius 1 is 1.25 bits per heavy atom. The molecule has 0 unspecified atom stereocenters. The highest BCUT2D eigenvalue weighted by atomic mass is 32.1. The van der Waals surface area contributed by atoms with Crippen molar-refractivity contribution in [3.8, 4) is 11.1 Å². The van der Waals surface area contributed by atoms with Crippen molar-refractivity contribution in [1.82, 2.24) is 20.1 Å². The van der Waals surface area contributed by atoms with Crippen LogP contribution in [0.1, 0.15) is 34.4 Å². The van der Waals surface area contributed by atoms with Crippen molar-refractivity contribution in [2.24, 2.45) is 7.05 Å². The molecule has 0 saturated heterocycles. The first-order valence-electron chi connectivity index (χ1n) is 7.96. The Kier molecular flexibility index (Phi) is 5.05. The third-order valence-electron chi connectivity index (χ3n) is 3.68. The zero-order chi connectivity index (χ0) is 16.9. The minimum Gasteiger partial charge on any atom is -0.346 e. The Labute approximate surface area is 145 Å². The van der Waals surface area contributed by atoms with E-state index in [0.29, 0.717) is 12.1 Å². The fraction of sp³-hybridized carbons (Fsp3) is 0.278. The first kappa shape index (κ1) is 16.4. The molecular formula is C18H20N4OS. The van der Waals surface area contributed by atoms with Crippen LogP contribution < -0.4 is 5.32 Å². The maximum atomic E-state index is 12.3. The number of amides is 1. The lowest BCUT2D eigenvalue weighted by molar-refractivity contribution is 0.0950. The molecule has 1 N–H and O–H groups in total. The van der Waals surface area contributed by atoms with E-state index in [1.54, 1.807) is 16.0 Å². The van der Waals surface area contributed by atoms with Gasteiger partial charge in [-0.1, -0.05) is 19.1 Å². The molecule has 2 heterocycles. The summed E-state index contributed by atoms with van der Waals surface area (Å²) < 4.78 is 1.76. The molecule has 24 heavy (non-hydrogen) atoms. The van der Waals surface area contributed by atoms with Crippen LogP contribution in [0.5, 0.6) is 0 Å². The van der Waals surface area contributed by atoms with Crippen LogP contribution in [-0.2, 0) is 20.0 Å². The number of aromatic nitrogens is 3. The van der Waals surface area contributed by atoms with Gasteiger partial charge in [0.05, 0.1) is 23.4 Å². The van der Waals surface area contributed by atoms with Gasteiger partial charge in [-0.3, -0.25) is 9.48 Å². The van der Waals surface area contributed by atoms with Crippen molar-refractivity contribution in [3.05, 3.63) is 58.3 Å². The Bertz CT molecular complexity index is 820. The third-order valence-corrected chi connectivity index (χ3v) is 4.64. The minimum atomic E-state index is -0.0854. The van der Waals surface area contributed by atoms with Crippen LogP contribution in [0.3, 0.4) is 0 Å². The second-order valence-corrected chi connectivity index (χ2v) is 6.59. The zero-order valence-corrected chi connectivity index (χ0v) is 14.6. The molecule has 3 aromatic rings. The second-order valence-electron chi connectivity index (χ2n) is 5.65. The molecule has 0 aliphatic carbocycles. The van der Waals surface area contributed by atoms with Crippen molar-refractivity contribution in [2.75, 3.05) is 0 Å². The summed E-state index contributed by atoms with van der Waals surface area (Å²) in [6, 6.07) is 7.55. The fourth-order valence-corrected chi connectivity index (χ4v) is 3.32. The van der Waals surface area contributed by atoms with Crippen LogP contribution in [-0.4, -0.2) is 20.7 Å². The number of rotatable bonds is 6. The van der Waals surface area contributed by atoms with Gasteiger partial charge in [0.25, 0.3) is 5.91 Å². The van der Waals surface area contributed by atoms with Gasteiger partial charge in [0, 0.05) is 29.8 Å². The summed E-state index contributed by atoms with van der Waals surface area (Å²) in [5.74, 6) is -0.0854.